The molecule has 5 aliphatic rings. The van der Waals surface area contributed by atoms with E-state index in [9.17, 15) is 0 Å². The Bertz CT molecular complexity index is 7570. The molecule has 25 rings (SSSR count). The zero-order valence-electron chi connectivity index (χ0n) is 69.5. The first kappa shape index (κ1) is 72.8. The number of para-hydroxylation sites is 4. The van der Waals surface area contributed by atoms with Crippen molar-refractivity contribution < 1.29 is 4.42 Å². The molecule has 0 aliphatic heterocycles. The van der Waals surface area contributed by atoms with Crippen LogP contribution >= 0.6 is 0 Å². The first-order chi connectivity index (χ1) is 61.1. The maximum Gasteiger partial charge on any atom is 0.159 e. The molecule has 0 spiro atoms. The van der Waals surface area contributed by atoms with E-state index in [-0.39, 0.29) is 10.8 Å². The predicted octanol–water partition coefficient (Wildman–Crippen LogP) is 31.1. The SMILES string of the molecule is CC1(C)c2ccccc2-c2ccc(N(c3ccccc3C3(c4ccccc4)c4ccccc4-c4ccccc43)c3c4c(cc5ccccc35)C(C)(C)c3ccccc3-4)cc21.c1ccc(C2(c3ccccc3)c3ccccc3-c3ccc(N(c4ccccc4C4(c5ccccc5)c5ccccc5-c5ccccc54)c4cccc5c4oc4ccccc45)cc32)cc1. The van der Waals surface area contributed by atoms with Gasteiger partial charge in [0, 0.05) is 43.9 Å². The van der Waals surface area contributed by atoms with Gasteiger partial charge in [-0.05, 0) is 199 Å². The summed E-state index contributed by atoms with van der Waals surface area (Å²) in [5, 5.41) is 4.67. The van der Waals surface area contributed by atoms with Gasteiger partial charge in [0.05, 0.1) is 39.0 Å². The molecule has 0 bridgehead atoms. The Morgan fingerprint density at radius 3 is 1.02 bits per heavy atom. The van der Waals surface area contributed by atoms with E-state index in [1.54, 1.807) is 0 Å². The zero-order chi connectivity index (χ0) is 82.6. The molecule has 1 heterocycles. The number of nitrogens with zero attached hydrogens (tertiary/aromatic N) is 2. The standard InChI is InChI=1S/C62H41NO.C59H45N/c1-4-21-42(22-5-1)61(43-23-6-2-7-24-43)52-32-14-10-29-48(52)49-40-39-45(41-56(49)61)63(58-37-20-31-51-50-30-13-19-38-59(50)64-60(51)58)57-36-18-17-35-55(57)62(44-25-8-3-9-26-44)53-33-15-11-27-46(53)47-28-12-16-34-54(47)62;1-57(2)47-28-14-10-24-42(47)45-35-34-40(37-52(45)57)60(56-41-23-9-8-20-38(41)36-53-55(56)46-27-13-15-29-48(46)58(53,3)4)54-33-19-18-32-51(54)59(39-21-6-5-7-22-39)49-30-16-11-25-43(49)44-26-12-17-31-50(44)59/h1-41H;5-37H,1-4H3. The Kier molecular flexibility index (Phi) is 16.4. The third-order valence-corrected chi connectivity index (χ3v) is 28.4. The molecule has 0 radical (unpaired) electrons. The molecule has 0 N–H and O–H groups in total. The second-order valence-electron chi connectivity index (χ2n) is 35.1. The summed E-state index contributed by atoms with van der Waals surface area (Å²) in [5.41, 5.74) is 39.6. The lowest BCUT2D eigenvalue weighted by atomic mass is 9.67. The first-order valence-corrected chi connectivity index (χ1v) is 43.5. The Morgan fingerprint density at radius 2 is 0.524 bits per heavy atom. The molecule has 3 heteroatoms. The fraction of sp³-hybridized carbons (Fsp3) is 0.0744. The number of hydrogen-bond donors (Lipinski definition) is 0. The molecule has 19 aromatic carbocycles. The van der Waals surface area contributed by atoms with Gasteiger partial charge in [-0.25, -0.2) is 0 Å². The van der Waals surface area contributed by atoms with Gasteiger partial charge in [0.2, 0.25) is 0 Å². The van der Waals surface area contributed by atoms with Crippen LogP contribution in [0.3, 0.4) is 0 Å². The van der Waals surface area contributed by atoms with E-state index in [1.807, 2.05) is 0 Å². The van der Waals surface area contributed by atoms with Crippen LogP contribution in [0.25, 0.3) is 88.3 Å². The molecule has 0 saturated carbocycles. The number of benzene rings is 19. The van der Waals surface area contributed by atoms with Gasteiger partial charge in [0.15, 0.2) is 5.58 Å². The lowest BCUT2D eigenvalue weighted by molar-refractivity contribution is 0.660. The molecule has 0 saturated heterocycles. The minimum atomic E-state index is -0.643. The van der Waals surface area contributed by atoms with E-state index < -0.39 is 16.2 Å². The Labute approximate surface area is 724 Å². The van der Waals surface area contributed by atoms with Gasteiger partial charge in [-0.3, -0.25) is 0 Å². The molecule has 20 aromatic rings. The number of hydrogen-bond acceptors (Lipinski definition) is 3. The van der Waals surface area contributed by atoms with Crippen molar-refractivity contribution in [3.05, 3.63) is 538 Å². The summed E-state index contributed by atoms with van der Waals surface area (Å²) in [6.07, 6.45) is 0. The van der Waals surface area contributed by atoms with Gasteiger partial charge in [0.1, 0.15) is 5.58 Å². The fourth-order valence-electron chi connectivity index (χ4n) is 23.2. The van der Waals surface area contributed by atoms with Crippen molar-refractivity contribution in [2.45, 2.75) is 54.8 Å². The van der Waals surface area contributed by atoms with Crippen LogP contribution in [-0.4, -0.2) is 0 Å². The number of furan rings is 1. The van der Waals surface area contributed by atoms with E-state index in [2.05, 4.69) is 486 Å². The monoisotopic (exact) mass is 1580 g/mol. The maximum atomic E-state index is 6.98. The van der Waals surface area contributed by atoms with Crippen molar-refractivity contribution in [3.63, 3.8) is 0 Å². The molecule has 0 fully saturated rings. The highest BCUT2D eigenvalue weighted by Gasteiger charge is 2.52. The summed E-state index contributed by atoms with van der Waals surface area (Å²) in [5.74, 6) is 0. The highest BCUT2D eigenvalue weighted by Crippen LogP contribution is 2.65. The lowest BCUT2D eigenvalue weighted by Crippen LogP contribution is -2.31. The summed E-state index contributed by atoms with van der Waals surface area (Å²) < 4.78 is 6.98. The summed E-state index contributed by atoms with van der Waals surface area (Å²) in [4.78, 5) is 5.14. The Hall–Kier alpha value is -15.2. The van der Waals surface area contributed by atoms with Crippen LogP contribution in [0, 0.1) is 0 Å². The molecule has 3 nitrogen and oxygen atoms in total. The van der Waals surface area contributed by atoms with E-state index in [4.69, 9.17) is 4.42 Å². The molecule has 124 heavy (non-hydrogen) atoms. The van der Waals surface area contributed by atoms with E-state index in [1.165, 1.54) is 167 Å². The summed E-state index contributed by atoms with van der Waals surface area (Å²) in [6.45, 7) is 9.59. The quantitative estimate of drug-likeness (QED) is 0.122. The van der Waals surface area contributed by atoms with Gasteiger partial charge in [0.25, 0.3) is 0 Å². The van der Waals surface area contributed by atoms with Crippen LogP contribution in [0.1, 0.15) is 117 Å². The van der Waals surface area contributed by atoms with Gasteiger partial charge in [-0.1, -0.05) is 422 Å². The second kappa shape index (κ2) is 28.0. The second-order valence-corrected chi connectivity index (χ2v) is 35.1. The van der Waals surface area contributed by atoms with Crippen LogP contribution in [0.2, 0.25) is 0 Å². The minimum Gasteiger partial charge on any atom is -0.454 e. The fourth-order valence-corrected chi connectivity index (χ4v) is 23.2. The lowest BCUT2D eigenvalue weighted by Gasteiger charge is -2.39. The van der Waals surface area contributed by atoms with Crippen molar-refractivity contribution in [1.29, 1.82) is 0 Å². The Balaban J connectivity index is 0.000000140. The number of rotatable bonds is 12. The van der Waals surface area contributed by atoms with Crippen molar-refractivity contribution >= 4 is 66.8 Å². The topological polar surface area (TPSA) is 19.6 Å². The molecule has 1 aromatic heterocycles. The van der Waals surface area contributed by atoms with Crippen molar-refractivity contribution in [1.82, 2.24) is 0 Å². The largest absolute Gasteiger partial charge is 0.454 e. The van der Waals surface area contributed by atoms with Gasteiger partial charge in [-0.15, -0.1) is 0 Å². The van der Waals surface area contributed by atoms with Crippen LogP contribution in [0.4, 0.5) is 34.1 Å². The third kappa shape index (κ3) is 10.2. The van der Waals surface area contributed by atoms with Gasteiger partial charge in [-0.2, -0.15) is 0 Å². The third-order valence-electron chi connectivity index (χ3n) is 28.4. The molecule has 5 aliphatic carbocycles. The van der Waals surface area contributed by atoms with Gasteiger partial charge >= 0.3 is 0 Å². The highest BCUT2D eigenvalue weighted by molar-refractivity contribution is 6.13. The average molecular weight is 1580 g/mol. The highest BCUT2D eigenvalue weighted by atomic mass is 16.3. The van der Waals surface area contributed by atoms with E-state index in [0.717, 1.165) is 44.7 Å². The average Bonchev–Trinajstić information content (AvgIpc) is 1.49. The molecule has 586 valence electrons. The normalized spacial score (nSPS) is 14.6. The molecular weight excluding hydrogens is 1500 g/mol. The summed E-state index contributed by atoms with van der Waals surface area (Å²) in [7, 11) is 0. The minimum absolute atomic E-state index is 0.170. The van der Waals surface area contributed by atoms with Gasteiger partial charge < -0.3 is 14.2 Å². The van der Waals surface area contributed by atoms with Crippen molar-refractivity contribution in [2.24, 2.45) is 0 Å². The van der Waals surface area contributed by atoms with Crippen molar-refractivity contribution in [2.75, 3.05) is 9.80 Å². The van der Waals surface area contributed by atoms with Crippen LogP contribution in [0.15, 0.2) is 453 Å². The molecular formula is C121H86N2O. The number of fused-ring (bicyclic) bond motifs is 19. The zero-order valence-corrected chi connectivity index (χ0v) is 69.5. The molecule has 0 unspecified atom stereocenters. The Morgan fingerprint density at radius 1 is 0.202 bits per heavy atom. The summed E-state index contributed by atoms with van der Waals surface area (Å²) >= 11 is 0. The summed E-state index contributed by atoms with van der Waals surface area (Å²) in [6, 6.07) is 167. The van der Waals surface area contributed by atoms with Crippen molar-refractivity contribution in [3.8, 4) is 55.6 Å². The first-order valence-electron chi connectivity index (χ1n) is 43.5. The maximum absolute atomic E-state index is 6.98. The van der Waals surface area contributed by atoms with E-state index >= 15 is 0 Å². The van der Waals surface area contributed by atoms with E-state index in [0.29, 0.717) is 0 Å². The predicted molar refractivity (Wildman–Crippen MR) is 514 cm³/mol. The molecule has 0 amide bonds. The number of anilines is 6. The molecule has 0 atom stereocenters. The smallest absolute Gasteiger partial charge is 0.159 e. The van der Waals surface area contributed by atoms with Crippen LogP contribution < -0.4 is 9.80 Å². The van der Waals surface area contributed by atoms with Crippen LogP contribution in [-0.2, 0) is 27.1 Å². The van der Waals surface area contributed by atoms with Crippen LogP contribution in [0.5, 0.6) is 0 Å².